The van der Waals surface area contributed by atoms with Gasteiger partial charge in [0.05, 0.1) is 7.11 Å². The number of aromatic nitrogens is 3. The zero-order valence-electron chi connectivity index (χ0n) is 10.7. The van der Waals surface area contributed by atoms with Gasteiger partial charge in [-0.25, -0.2) is 4.98 Å². The molecule has 0 radical (unpaired) electrons. The highest BCUT2D eigenvalue weighted by molar-refractivity contribution is 5.28. The Kier molecular flexibility index (Phi) is 3.94. The smallest absolute Gasteiger partial charge is 0.217 e. The summed E-state index contributed by atoms with van der Waals surface area (Å²) in [4.78, 5) is 4.16. The third kappa shape index (κ3) is 2.68. The summed E-state index contributed by atoms with van der Waals surface area (Å²) in [6.07, 6.45) is 5.22. The van der Waals surface area contributed by atoms with Crippen molar-refractivity contribution in [1.29, 1.82) is 0 Å². The maximum Gasteiger partial charge on any atom is 0.217 e. The van der Waals surface area contributed by atoms with Crippen LogP contribution in [-0.4, -0.2) is 21.9 Å². The summed E-state index contributed by atoms with van der Waals surface area (Å²) < 4.78 is 7.09. The molecule has 0 aliphatic carbocycles. The standard InChI is InChI=1S/C13H18N4O/c1-17-10(7-9-16-17)5-6-12(14)11-4-3-8-15-13(11)18-2/h3-4,7-9,12H,5-6,14H2,1-2H3. The highest BCUT2D eigenvalue weighted by Gasteiger charge is 2.13. The second kappa shape index (κ2) is 5.64. The van der Waals surface area contributed by atoms with Crippen molar-refractivity contribution in [1.82, 2.24) is 14.8 Å². The molecule has 0 bridgehead atoms. The molecule has 0 aliphatic heterocycles. The molecule has 0 amide bonds. The van der Waals surface area contributed by atoms with E-state index < -0.39 is 0 Å². The maximum atomic E-state index is 6.19. The lowest BCUT2D eigenvalue weighted by molar-refractivity contribution is 0.387. The highest BCUT2D eigenvalue weighted by atomic mass is 16.5. The van der Waals surface area contributed by atoms with Crippen molar-refractivity contribution in [3.63, 3.8) is 0 Å². The Hall–Kier alpha value is -1.88. The second-order valence-electron chi connectivity index (χ2n) is 4.19. The van der Waals surface area contributed by atoms with Gasteiger partial charge in [0.2, 0.25) is 5.88 Å². The van der Waals surface area contributed by atoms with E-state index in [9.17, 15) is 0 Å². The van der Waals surface area contributed by atoms with Gasteiger partial charge in [0.1, 0.15) is 0 Å². The van der Waals surface area contributed by atoms with Crippen molar-refractivity contribution in [3.05, 3.63) is 41.9 Å². The zero-order chi connectivity index (χ0) is 13.0. The number of nitrogens with zero attached hydrogens (tertiary/aromatic N) is 3. The Labute approximate surface area is 107 Å². The number of nitrogens with two attached hydrogens (primary N) is 1. The molecule has 2 heterocycles. The van der Waals surface area contributed by atoms with E-state index in [-0.39, 0.29) is 6.04 Å². The van der Waals surface area contributed by atoms with Gasteiger partial charge in [-0.05, 0) is 25.0 Å². The first-order valence-corrected chi connectivity index (χ1v) is 5.93. The van der Waals surface area contributed by atoms with Crippen molar-refractivity contribution < 1.29 is 4.74 Å². The van der Waals surface area contributed by atoms with Crippen LogP contribution in [0.5, 0.6) is 5.88 Å². The van der Waals surface area contributed by atoms with Crippen LogP contribution in [0.3, 0.4) is 0 Å². The average molecular weight is 246 g/mol. The van der Waals surface area contributed by atoms with Crippen LogP contribution in [-0.2, 0) is 13.5 Å². The van der Waals surface area contributed by atoms with Crippen molar-refractivity contribution in [2.45, 2.75) is 18.9 Å². The Morgan fingerprint density at radius 3 is 2.89 bits per heavy atom. The molecule has 0 saturated carbocycles. The third-order valence-electron chi connectivity index (χ3n) is 3.03. The van der Waals surface area contributed by atoms with E-state index >= 15 is 0 Å². The summed E-state index contributed by atoms with van der Waals surface area (Å²) >= 11 is 0. The fraction of sp³-hybridized carbons (Fsp3) is 0.385. The average Bonchev–Trinajstić information content (AvgIpc) is 2.81. The minimum Gasteiger partial charge on any atom is -0.481 e. The van der Waals surface area contributed by atoms with Gasteiger partial charge in [0.15, 0.2) is 0 Å². The lowest BCUT2D eigenvalue weighted by atomic mass is 10.0. The topological polar surface area (TPSA) is 66.0 Å². The Morgan fingerprint density at radius 1 is 1.39 bits per heavy atom. The van der Waals surface area contributed by atoms with E-state index in [1.807, 2.05) is 29.9 Å². The van der Waals surface area contributed by atoms with Crippen molar-refractivity contribution in [2.75, 3.05) is 7.11 Å². The fourth-order valence-corrected chi connectivity index (χ4v) is 1.96. The Balaban J connectivity index is 2.03. The van der Waals surface area contributed by atoms with Gasteiger partial charge in [0, 0.05) is 36.7 Å². The minimum atomic E-state index is -0.0800. The quantitative estimate of drug-likeness (QED) is 0.867. The molecule has 96 valence electrons. The number of rotatable bonds is 5. The largest absolute Gasteiger partial charge is 0.481 e. The summed E-state index contributed by atoms with van der Waals surface area (Å²) in [5.41, 5.74) is 8.31. The maximum absolute atomic E-state index is 6.19. The van der Waals surface area contributed by atoms with Crippen LogP contribution in [0.4, 0.5) is 0 Å². The van der Waals surface area contributed by atoms with Gasteiger partial charge in [-0.15, -0.1) is 0 Å². The van der Waals surface area contributed by atoms with Crippen molar-refractivity contribution in [2.24, 2.45) is 12.8 Å². The number of hydrogen-bond acceptors (Lipinski definition) is 4. The molecule has 2 N–H and O–H groups in total. The molecule has 0 saturated heterocycles. The monoisotopic (exact) mass is 246 g/mol. The molecule has 1 atom stereocenters. The molecular formula is C13H18N4O. The van der Waals surface area contributed by atoms with E-state index in [4.69, 9.17) is 10.5 Å². The van der Waals surface area contributed by atoms with Crippen LogP contribution in [0.25, 0.3) is 0 Å². The van der Waals surface area contributed by atoms with Crippen LogP contribution >= 0.6 is 0 Å². The first-order valence-electron chi connectivity index (χ1n) is 5.93. The third-order valence-corrected chi connectivity index (χ3v) is 3.03. The van der Waals surface area contributed by atoms with Crippen LogP contribution in [0, 0.1) is 0 Å². The molecular weight excluding hydrogens is 228 g/mol. The number of methoxy groups -OCH3 is 1. The zero-order valence-corrected chi connectivity index (χ0v) is 10.7. The first kappa shape index (κ1) is 12.6. The number of ether oxygens (including phenoxy) is 1. The molecule has 0 aliphatic rings. The molecule has 2 aromatic rings. The van der Waals surface area contributed by atoms with Gasteiger partial charge in [0.25, 0.3) is 0 Å². The predicted octanol–water partition coefficient (Wildman–Crippen LogP) is 1.46. The van der Waals surface area contributed by atoms with Crippen molar-refractivity contribution >= 4 is 0 Å². The van der Waals surface area contributed by atoms with E-state index in [0.717, 1.165) is 18.4 Å². The molecule has 0 spiro atoms. The van der Waals surface area contributed by atoms with Crippen LogP contribution in [0.15, 0.2) is 30.6 Å². The van der Waals surface area contributed by atoms with Gasteiger partial charge in [-0.3, -0.25) is 4.68 Å². The molecule has 2 aromatic heterocycles. The second-order valence-corrected chi connectivity index (χ2v) is 4.19. The van der Waals surface area contributed by atoms with Crippen LogP contribution in [0.2, 0.25) is 0 Å². The van der Waals surface area contributed by atoms with Crippen molar-refractivity contribution in [3.8, 4) is 5.88 Å². The number of aryl methyl sites for hydroxylation is 2. The predicted molar refractivity (Wildman–Crippen MR) is 69.2 cm³/mol. The lowest BCUT2D eigenvalue weighted by Crippen LogP contribution is -2.14. The molecule has 0 fully saturated rings. The van der Waals surface area contributed by atoms with E-state index in [1.165, 1.54) is 5.69 Å². The van der Waals surface area contributed by atoms with E-state index in [1.54, 1.807) is 19.5 Å². The SMILES string of the molecule is COc1ncccc1C(N)CCc1ccnn1C. The van der Waals surface area contributed by atoms with Gasteiger partial charge >= 0.3 is 0 Å². The number of hydrogen-bond donors (Lipinski definition) is 1. The molecule has 1 unspecified atom stereocenters. The summed E-state index contributed by atoms with van der Waals surface area (Å²) in [7, 11) is 3.55. The molecule has 18 heavy (non-hydrogen) atoms. The molecule has 0 aromatic carbocycles. The fourth-order valence-electron chi connectivity index (χ4n) is 1.96. The normalized spacial score (nSPS) is 12.4. The van der Waals surface area contributed by atoms with Crippen LogP contribution in [0.1, 0.15) is 23.7 Å². The van der Waals surface area contributed by atoms with Gasteiger partial charge < -0.3 is 10.5 Å². The minimum absolute atomic E-state index is 0.0800. The highest BCUT2D eigenvalue weighted by Crippen LogP contribution is 2.23. The Bertz CT molecular complexity index is 509. The van der Waals surface area contributed by atoms with Gasteiger partial charge in [-0.2, -0.15) is 5.10 Å². The molecule has 5 nitrogen and oxygen atoms in total. The van der Waals surface area contributed by atoms with Crippen LogP contribution < -0.4 is 10.5 Å². The first-order chi connectivity index (χ1) is 8.72. The summed E-state index contributed by atoms with van der Waals surface area (Å²) in [6, 6.07) is 5.76. The van der Waals surface area contributed by atoms with E-state index in [2.05, 4.69) is 10.1 Å². The summed E-state index contributed by atoms with van der Waals surface area (Å²) in [6.45, 7) is 0. The number of pyridine rings is 1. The molecule has 2 rings (SSSR count). The lowest BCUT2D eigenvalue weighted by Gasteiger charge is -2.14. The Morgan fingerprint density at radius 2 is 2.22 bits per heavy atom. The molecule has 5 heteroatoms. The summed E-state index contributed by atoms with van der Waals surface area (Å²) in [5.74, 6) is 0.606. The van der Waals surface area contributed by atoms with E-state index in [0.29, 0.717) is 5.88 Å². The summed E-state index contributed by atoms with van der Waals surface area (Å²) in [5, 5.41) is 4.14. The van der Waals surface area contributed by atoms with Gasteiger partial charge in [-0.1, -0.05) is 6.07 Å².